The van der Waals surface area contributed by atoms with Crippen LogP contribution >= 0.6 is 0 Å². The van der Waals surface area contributed by atoms with E-state index in [1.54, 1.807) is 0 Å². The van der Waals surface area contributed by atoms with E-state index in [2.05, 4.69) is 15.4 Å². The molecule has 1 atom stereocenters. The highest BCUT2D eigenvalue weighted by Crippen LogP contribution is 2.29. The molecule has 0 aromatic heterocycles. The van der Waals surface area contributed by atoms with E-state index in [9.17, 15) is 22.8 Å². The van der Waals surface area contributed by atoms with Gasteiger partial charge in [-0.2, -0.15) is 13.2 Å². The standard InChI is InChI=1S/C12H13F3N2O4/c1-21-10(19)9(6-18)17-11(20)16-8-4-2-7(3-5-8)12(13,14)15/h2-5,9,18H,6H2,1H3,(H2,16,17,20). The highest BCUT2D eigenvalue weighted by atomic mass is 19.4. The number of halogens is 3. The van der Waals surface area contributed by atoms with Crippen molar-refractivity contribution in [3.63, 3.8) is 0 Å². The molecule has 0 radical (unpaired) electrons. The summed E-state index contributed by atoms with van der Waals surface area (Å²) >= 11 is 0. The van der Waals surface area contributed by atoms with Crippen molar-refractivity contribution in [3.8, 4) is 0 Å². The van der Waals surface area contributed by atoms with Crippen LogP contribution in [0.3, 0.4) is 0 Å². The van der Waals surface area contributed by atoms with Crippen molar-refractivity contribution < 1.29 is 32.6 Å². The molecule has 0 aliphatic carbocycles. The summed E-state index contributed by atoms with van der Waals surface area (Å²) in [7, 11) is 1.08. The van der Waals surface area contributed by atoms with Crippen molar-refractivity contribution >= 4 is 17.7 Å². The third kappa shape index (κ3) is 4.95. The number of ether oxygens (including phenoxy) is 1. The maximum absolute atomic E-state index is 12.3. The second kappa shape index (κ2) is 6.93. The Hall–Kier alpha value is -2.29. The number of nitrogens with one attached hydrogen (secondary N) is 2. The number of anilines is 1. The first-order valence-corrected chi connectivity index (χ1v) is 5.71. The number of amides is 2. The molecule has 0 aliphatic heterocycles. The minimum Gasteiger partial charge on any atom is -0.467 e. The average molecular weight is 306 g/mol. The van der Waals surface area contributed by atoms with Gasteiger partial charge in [0, 0.05) is 5.69 Å². The number of methoxy groups -OCH3 is 1. The third-order valence-electron chi connectivity index (χ3n) is 2.44. The van der Waals surface area contributed by atoms with Crippen molar-refractivity contribution in [2.24, 2.45) is 0 Å². The van der Waals surface area contributed by atoms with Crippen LogP contribution in [0.1, 0.15) is 5.56 Å². The molecule has 3 N–H and O–H groups in total. The number of aliphatic hydroxyl groups is 1. The SMILES string of the molecule is COC(=O)C(CO)NC(=O)Nc1ccc(C(F)(F)F)cc1. The van der Waals surface area contributed by atoms with Crippen LogP contribution in [-0.4, -0.2) is 36.9 Å². The molecule has 2 amide bonds. The molecular formula is C12H13F3N2O4. The fourth-order valence-electron chi connectivity index (χ4n) is 1.39. The van der Waals surface area contributed by atoms with Crippen LogP contribution < -0.4 is 10.6 Å². The van der Waals surface area contributed by atoms with Crippen LogP contribution in [-0.2, 0) is 15.7 Å². The molecule has 1 unspecified atom stereocenters. The van der Waals surface area contributed by atoms with Crippen LogP contribution in [0.25, 0.3) is 0 Å². The monoisotopic (exact) mass is 306 g/mol. The first-order chi connectivity index (χ1) is 9.77. The Kier molecular flexibility index (Phi) is 5.53. The quantitative estimate of drug-likeness (QED) is 0.733. The molecule has 1 rings (SSSR count). The van der Waals surface area contributed by atoms with Gasteiger partial charge in [0.2, 0.25) is 0 Å². The molecule has 0 spiro atoms. The smallest absolute Gasteiger partial charge is 0.416 e. The molecule has 0 heterocycles. The summed E-state index contributed by atoms with van der Waals surface area (Å²) in [5.41, 5.74) is -0.752. The summed E-state index contributed by atoms with van der Waals surface area (Å²) < 4.78 is 41.4. The number of carbonyl (C=O) groups excluding carboxylic acids is 2. The molecule has 9 heteroatoms. The summed E-state index contributed by atoms with van der Waals surface area (Å²) in [4.78, 5) is 22.7. The predicted octanol–water partition coefficient (Wildman–Crippen LogP) is 1.36. The molecule has 0 bridgehead atoms. The fraction of sp³-hybridized carbons (Fsp3) is 0.333. The van der Waals surface area contributed by atoms with Gasteiger partial charge in [-0.25, -0.2) is 9.59 Å². The summed E-state index contributed by atoms with van der Waals surface area (Å²) in [6.07, 6.45) is -4.46. The van der Waals surface area contributed by atoms with E-state index in [-0.39, 0.29) is 5.69 Å². The van der Waals surface area contributed by atoms with Gasteiger partial charge >= 0.3 is 18.2 Å². The van der Waals surface area contributed by atoms with Gasteiger partial charge < -0.3 is 20.5 Å². The van der Waals surface area contributed by atoms with Crippen LogP contribution in [0.15, 0.2) is 24.3 Å². The molecule has 6 nitrogen and oxygen atoms in total. The molecule has 0 saturated carbocycles. The predicted molar refractivity (Wildman–Crippen MR) is 66.5 cm³/mol. The lowest BCUT2D eigenvalue weighted by Crippen LogP contribution is -2.45. The van der Waals surface area contributed by atoms with Crippen LogP contribution in [0, 0.1) is 0 Å². The molecule has 0 fully saturated rings. The molecule has 1 aromatic rings. The van der Waals surface area contributed by atoms with Crippen LogP contribution in [0.2, 0.25) is 0 Å². The van der Waals surface area contributed by atoms with E-state index in [1.807, 2.05) is 0 Å². The first kappa shape index (κ1) is 16.8. The lowest BCUT2D eigenvalue weighted by atomic mass is 10.2. The van der Waals surface area contributed by atoms with E-state index < -0.39 is 36.4 Å². The highest BCUT2D eigenvalue weighted by Gasteiger charge is 2.30. The zero-order chi connectivity index (χ0) is 16.0. The Balaban J connectivity index is 2.65. The second-order valence-corrected chi connectivity index (χ2v) is 3.93. The van der Waals surface area contributed by atoms with E-state index in [4.69, 9.17) is 5.11 Å². The normalized spacial score (nSPS) is 12.4. The Morgan fingerprint density at radius 2 is 1.86 bits per heavy atom. The third-order valence-corrected chi connectivity index (χ3v) is 2.44. The molecule has 21 heavy (non-hydrogen) atoms. The Labute approximate surface area is 117 Å². The maximum Gasteiger partial charge on any atom is 0.416 e. The number of urea groups is 1. The molecule has 1 aromatic carbocycles. The second-order valence-electron chi connectivity index (χ2n) is 3.93. The first-order valence-electron chi connectivity index (χ1n) is 5.71. The van der Waals surface area contributed by atoms with Crippen LogP contribution in [0.5, 0.6) is 0 Å². The Morgan fingerprint density at radius 1 is 1.29 bits per heavy atom. The number of hydrogen-bond donors (Lipinski definition) is 3. The molecule has 0 aliphatic rings. The van der Waals surface area contributed by atoms with Gasteiger partial charge in [0.25, 0.3) is 0 Å². The van der Waals surface area contributed by atoms with Crippen molar-refractivity contribution in [2.75, 3.05) is 19.0 Å². The van der Waals surface area contributed by atoms with Crippen LogP contribution in [0.4, 0.5) is 23.7 Å². The minimum atomic E-state index is -4.46. The topological polar surface area (TPSA) is 87.7 Å². The Morgan fingerprint density at radius 3 is 2.29 bits per heavy atom. The summed E-state index contributed by atoms with van der Waals surface area (Å²) in [6.45, 7) is -0.674. The number of aliphatic hydroxyl groups excluding tert-OH is 1. The minimum absolute atomic E-state index is 0.0991. The molecule has 0 saturated heterocycles. The van der Waals surface area contributed by atoms with Gasteiger partial charge in [0.15, 0.2) is 6.04 Å². The van der Waals surface area contributed by atoms with E-state index >= 15 is 0 Å². The Bertz CT molecular complexity index is 502. The van der Waals surface area contributed by atoms with E-state index in [1.165, 1.54) is 0 Å². The van der Waals surface area contributed by atoms with Crippen molar-refractivity contribution in [2.45, 2.75) is 12.2 Å². The number of rotatable bonds is 4. The molecule has 116 valence electrons. The summed E-state index contributed by atoms with van der Waals surface area (Å²) in [6, 6.07) is 1.62. The van der Waals surface area contributed by atoms with Crippen molar-refractivity contribution in [3.05, 3.63) is 29.8 Å². The zero-order valence-electron chi connectivity index (χ0n) is 10.9. The van der Waals surface area contributed by atoms with Gasteiger partial charge in [0.1, 0.15) is 0 Å². The van der Waals surface area contributed by atoms with Gasteiger partial charge in [0.05, 0.1) is 19.3 Å². The van der Waals surface area contributed by atoms with Gasteiger partial charge in [-0.15, -0.1) is 0 Å². The van der Waals surface area contributed by atoms with Crippen molar-refractivity contribution in [1.82, 2.24) is 5.32 Å². The number of carbonyl (C=O) groups is 2. The lowest BCUT2D eigenvalue weighted by Gasteiger charge is -2.14. The zero-order valence-corrected chi connectivity index (χ0v) is 10.9. The fourth-order valence-corrected chi connectivity index (χ4v) is 1.39. The molecular weight excluding hydrogens is 293 g/mol. The largest absolute Gasteiger partial charge is 0.467 e. The van der Waals surface area contributed by atoms with E-state index in [0.717, 1.165) is 31.4 Å². The lowest BCUT2D eigenvalue weighted by molar-refractivity contribution is -0.143. The van der Waals surface area contributed by atoms with Gasteiger partial charge in [-0.3, -0.25) is 0 Å². The van der Waals surface area contributed by atoms with Gasteiger partial charge in [-0.1, -0.05) is 0 Å². The maximum atomic E-state index is 12.3. The number of esters is 1. The average Bonchev–Trinajstić information content (AvgIpc) is 2.43. The summed E-state index contributed by atoms with van der Waals surface area (Å²) in [5, 5.41) is 13.2. The van der Waals surface area contributed by atoms with E-state index in [0.29, 0.717) is 0 Å². The van der Waals surface area contributed by atoms with Gasteiger partial charge in [-0.05, 0) is 24.3 Å². The number of hydrogen-bond acceptors (Lipinski definition) is 4. The van der Waals surface area contributed by atoms with Crippen molar-refractivity contribution in [1.29, 1.82) is 0 Å². The number of benzene rings is 1. The summed E-state index contributed by atoms with van der Waals surface area (Å²) in [5.74, 6) is -0.847. The highest BCUT2D eigenvalue weighted by molar-refractivity contribution is 5.92. The number of alkyl halides is 3.